The molecule has 0 aliphatic heterocycles. The van der Waals surface area contributed by atoms with Crippen molar-refractivity contribution in [1.29, 1.82) is 0 Å². The second-order valence-electron chi connectivity index (χ2n) is 4.66. The summed E-state index contributed by atoms with van der Waals surface area (Å²) in [5, 5.41) is 32.3. The molecule has 0 heterocycles. The van der Waals surface area contributed by atoms with E-state index in [1.54, 1.807) is 12.4 Å². The summed E-state index contributed by atoms with van der Waals surface area (Å²) in [6.07, 6.45) is 0.228. The Balaban J connectivity index is -0.0000000490. The van der Waals surface area contributed by atoms with Crippen molar-refractivity contribution in [3.05, 3.63) is 19.7 Å². The molecule has 0 radical (unpaired) electrons. The zero-order chi connectivity index (χ0) is 22.3. The Morgan fingerprint density at radius 1 is 1.10 bits per heavy atom. The minimum absolute atomic E-state index is 0. The first-order chi connectivity index (χ1) is 12.5. The van der Waals surface area contributed by atoms with E-state index in [0.29, 0.717) is 6.54 Å². The number of hydroxylamine groups is 2. The molecule has 0 aromatic rings. The second kappa shape index (κ2) is 32.8. The fourth-order valence-corrected chi connectivity index (χ4v) is 0.641. The van der Waals surface area contributed by atoms with Crippen LogP contribution < -0.4 is 22.4 Å². The molecule has 0 aliphatic rings. The molecule has 0 aromatic heterocycles. The summed E-state index contributed by atoms with van der Waals surface area (Å²) in [6, 6.07) is 0. The van der Waals surface area contributed by atoms with Crippen molar-refractivity contribution in [2.45, 2.75) is 45.6 Å². The number of nitrogens with one attached hydrogen (secondary N) is 2. The van der Waals surface area contributed by atoms with E-state index >= 15 is 0 Å². The average Bonchev–Trinajstić information content (AvgIpc) is 2.58. The van der Waals surface area contributed by atoms with Gasteiger partial charge in [-0.3, -0.25) is 14.4 Å². The van der Waals surface area contributed by atoms with Crippen LogP contribution in [0.25, 0.3) is 6.15 Å². The summed E-state index contributed by atoms with van der Waals surface area (Å²) in [5.41, 5.74) is 12.8. The van der Waals surface area contributed by atoms with Crippen LogP contribution in [0, 0.1) is 13.5 Å². The van der Waals surface area contributed by atoms with Crippen LogP contribution in [0.15, 0.2) is 0 Å². The van der Waals surface area contributed by atoms with Crippen LogP contribution in [-0.2, 0) is 19.2 Å². The smallest absolute Gasteiger partial charge is 0.303 e. The minimum Gasteiger partial charge on any atom is -0.693 e. The molecule has 0 aliphatic carbocycles. The number of hydrogen-bond acceptors (Lipinski definition) is 9. The maximum Gasteiger partial charge on any atom is 0.303 e. The van der Waals surface area contributed by atoms with Crippen LogP contribution in [0.5, 0.6) is 0 Å². The molecular formula is C15H36Cm2N5O8-3. The molecule has 188 valence electrons. The second-order valence-corrected chi connectivity index (χ2v) is 4.66. The largest absolute Gasteiger partial charge is 0.693 e. The van der Waals surface area contributed by atoms with Crippen molar-refractivity contribution < 1.29 is 39.7 Å². The molecule has 0 saturated carbocycles. The SMILES string of the molecule is CCC(=O)O.CCN.CCNO[CH-]CC(=O)O.[CH2-]C(N)(CCNO)C(=O)O.[Cm].[Cm].[NH2-]. The molecule has 1 atom stereocenters. The number of carboxylic acids is 3. The van der Waals surface area contributed by atoms with Crippen molar-refractivity contribution in [3.8, 4) is 0 Å². The van der Waals surface area contributed by atoms with Gasteiger partial charge in [-0.1, -0.05) is 27.2 Å². The Labute approximate surface area is 165 Å². The van der Waals surface area contributed by atoms with E-state index in [-0.39, 0.29) is 32.0 Å². The van der Waals surface area contributed by atoms with Gasteiger partial charge in [-0.25, -0.2) is 11.0 Å². The Hall–Kier alpha value is -3.87. The molecule has 30 heavy (non-hydrogen) atoms. The molecule has 13 nitrogen and oxygen atoms in total. The number of nitrogens with two attached hydrogens (primary N) is 3. The number of carbonyl (C=O) groups is 3. The summed E-state index contributed by atoms with van der Waals surface area (Å²) >= 11 is 0. The average molecular weight is 908 g/mol. The van der Waals surface area contributed by atoms with E-state index in [4.69, 9.17) is 32.0 Å². The van der Waals surface area contributed by atoms with Gasteiger partial charge in [0.1, 0.15) is 0 Å². The fourth-order valence-electron chi connectivity index (χ4n) is 0.641. The van der Waals surface area contributed by atoms with Gasteiger partial charge in [0.25, 0.3) is 11.9 Å². The van der Waals surface area contributed by atoms with Crippen LogP contribution in [0.2, 0.25) is 0 Å². The zero-order valence-electron chi connectivity index (χ0n) is 17.4. The van der Waals surface area contributed by atoms with Gasteiger partial charge in [0.15, 0.2) is 0 Å². The van der Waals surface area contributed by atoms with E-state index in [0.717, 1.165) is 6.54 Å². The first-order valence-electron chi connectivity index (χ1n) is 8.04. The summed E-state index contributed by atoms with van der Waals surface area (Å²) in [5.74, 6) is -2.82. The molecule has 15 heteroatoms. The van der Waals surface area contributed by atoms with Gasteiger partial charge >= 0.3 is 5.97 Å². The minimum atomic E-state index is -1.50. The molecule has 0 fully saturated rings. The summed E-state index contributed by atoms with van der Waals surface area (Å²) in [4.78, 5) is 34.0. The van der Waals surface area contributed by atoms with Crippen molar-refractivity contribution in [3.63, 3.8) is 0 Å². The van der Waals surface area contributed by atoms with E-state index < -0.39 is 23.4 Å². The van der Waals surface area contributed by atoms with Gasteiger partial charge < -0.3 is 49.9 Å². The molecule has 0 rings (SSSR count). The third kappa shape index (κ3) is 56.4. The fraction of sp³-hybridized carbons (Fsp3) is 0.667. The third-order valence-electron chi connectivity index (χ3n) is 1.98. The molecule has 0 bridgehead atoms. The Morgan fingerprint density at radius 3 is 1.73 bits per heavy atom. The number of aliphatic carboxylic acids is 3. The molecule has 0 spiro atoms. The molecular weight excluding hydrogens is 872 g/mol. The first kappa shape index (κ1) is 45.1. The summed E-state index contributed by atoms with van der Waals surface area (Å²) < 4.78 is 0. The van der Waals surface area contributed by atoms with Gasteiger partial charge in [0, 0.05) is 19.5 Å². The maximum atomic E-state index is 10.2. The number of rotatable bonds is 10. The molecule has 0 saturated heterocycles. The van der Waals surface area contributed by atoms with E-state index in [9.17, 15) is 14.4 Å². The van der Waals surface area contributed by atoms with E-state index in [2.05, 4.69) is 17.2 Å². The predicted molar refractivity (Wildman–Crippen MR) is 104 cm³/mol. The van der Waals surface area contributed by atoms with Gasteiger partial charge in [-0.05, 0) is 18.5 Å². The molecule has 0 amide bonds. The van der Waals surface area contributed by atoms with Crippen molar-refractivity contribution >= 4 is 17.9 Å². The summed E-state index contributed by atoms with van der Waals surface area (Å²) in [7, 11) is 0. The van der Waals surface area contributed by atoms with E-state index in [1.807, 2.05) is 13.8 Å². The van der Waals surface area contributed by atoms with Crippen LogP contribution in [0.4, 0.5) is 0 Å². The number of carboxylic acid groups (broad SMARTS) is 3. The van der Waals surface area contributed by atoms with E-state index in [1.165, 1.54) is 6.61 Å². The van der Waals surface area contributed by atoms with Crippen molar-refractivity contribution in [2.75, 3.05) is 19.6 Å². The van der Waals surface area contributed by atoms with Gasteiger partial charge in [0.2, 0.25) is 0 Å². The monoisotopic (exact) mass is 900 g/mol. The molecule has 12 N–H and O–H groups in total. The van der Waals surface area contributed by atoms with Gasteiger partial charge in [-0.15, -0.1) is 0 Å². The number of hydrogen-bond donors (Lipinski definition) is 8. The van der Waals surface area contributed by atoms with Gasteiger partial charge in [0.05, 0.1) is 0 Å². The summed E-state index contributed by atoms with van der Waals surface area (Å²) in [6.45, 7) is 11.3. The predicted octanol–water partition coefficient (Wildman–Crippen LogP) is 0.299. The van der Waals surface area contributed by atoms with Crippen LogP contribution >= 0.6 is 0 Å². The first-order valence-corrected chi connectivity index (χ1v) is 8.04. The van der Waals surface area contributed by atoms with Crippen LogP contribution in [-0.4, -0.2) is 63.6 Å². The standard InChI is InChI=1S/C5H11N2O3.C5H10NO3.C3H6O2.C2H7N.2Cm.H2N/c1-5(6,4(8)9)2-3-7-10;1-2-6-9-4-3-5(7)8;1-2-3(4)5;1-2-3;;;/h7,10H,1-3,6H2,(H,8,9);4,6H,2-3H2,1H3,(H,7,8);2H2,1H3,(H,4,5);2-3H2,1H3;;;1H2/q2*-1;;;;;-1. The topological polar surface area (TPSA) is 251 Å². The van der Waals surface area contributed by atoms with Crippen molar-refractivity contribution in [2.24, 2.45) is 11.5 Å². The maximum absolute atomic E-state index is 10.2. The molecule has 1 unspecified atom stereocenters. The third-order valence-corrected chi connectivity index (χ3v) is 1.98. The van der Waals surface area contributed by atoms with Crippen molar-refractivity contribution in [1.82, 2.24) is 11.0 Å². The zero-order valence-corrected chi connectivity index (χ0v) is 23.3. The molecule has 0 aromatic carbocycles. The van der Waals surface area contributed by atoms with Crippen LogP contribution in [0.3, 0.4) is 0 Å². The normalized spacial score (nSPS) is 10.1. The quantitative estimate of drug-likeness (QED) is 0.0838. The van der Waals surface area contributed by atoms with Gasteiger partial charge in [-0.2, -0.15) is 6.61 Å². The Morgan fingerprint density at radius 2 is 1.50 bits per heavy atom. The Bertz CT molecular complexity index is 381. The Kier molecular flexibility index (Phi) is 49.3. The van der Waals surface area contributed by atoms with Crippen LogP contribution in [0.1, 0.15) is 40.0 Å².